The summed E-state index contributed by atoms with van der Waals surface area (Å²) in [5.74, 6) is 0.0143. The van der Waals surface area contributed by atoms with Crippen LogP contribution in [0.4, 0.5) is 0 Å². The molecule has 0 aromatic heterocycles. The molecule has 0 unspecified atom stereocenters. The SMILES string of the molecule is CCCCCCCCCC(=O)OC(CCC)CCC. The number of carbonyl (C=O) groups is 1. The van der Waals surface area contributed by atoms with Gasteiger partial charge in [0.2, 0.25) is 0 Å². The Hall–Kier alpha value is -0.530. The molecule has 0 aliphatic rings. The van der Waals surface area contributed by atoms with Crippen LogP contribution < -0.4 is 0 Å². The molecule has 0 fully saturated rings. The summed E-state index contributed by atoms with van der Waals surface area (Å²) in [4.78, 5) is 11.7. The van der Waals surface area contributed by atoms with Gasteiger partial charge in [-0.1, -0.05) is 72.1 Å². The smallest absolute Gasteiger partial charge is 0.306 e. The van der Waals surface area contributed by atoms with Gasteiger partial charge in [-0.3, -0.25) is 4.79 Å². The van der Waals surface area contributed by atoms with E-state index in [1.165, 1.54) is 38.5 Å². The molecule has 0 N–H and O–H groups in total. The predicted molar refractivity (Wildman–Crippen MR) is 82.3 cm³/mol. The third kappa shape index (κ3) is 12.3. The fourth-order valence-electron chi connectivity index (χ4n) is 2.38. The Bertz CT molecular complexity index is 195. The first-order valence-corrected chi connectivity index (χ1v) is 8.44. The minimum absolute atomic E-state index is 0.0143. The Labute approximate surface area is 120 Å². The van der Waals surface area contributed by atoms with Gasteiger partial charge in [-0.25, -0.2) is 0 Å². The molecule has 0 radical (unpaired) electrons. The molecule has 0 atom stereocenters. The Morgan fingerprint density at radius 3 is 1.84 bits per heavy atom. The van der Waals surface area contributed by atoms with Crippen molar-refractivity contribution in [2.24, 2.45) is 0 Å². The molecule has 114 valence electrons. The lowest BCUT2D eigenvalue weighted by Crippen LogP contribution is -2.17. The van der Waals surface area contributed by atoms with E-state index >= 15 is 0 Å². The van der Waals surface area contributed by atoms with Crippen molar-refractivity contribution in [1.29, 1.82) is 0 Å². The summed E-state index contributed by atoms with van der Waals surface area (Å²) in [5.41, 5.74) is 0. The minimum atomic E-state index is 0.0143. The highest BCUT2D eigenvalue weighted by atomic mass is 16.5. The number of hydrogen-bond donors (Lipinski definition) is 0. The fraction of sp³-hybridized carbons (Fsp3) is 0.941. The van der Waals surface area contributed by atoms with Crippen molar-refractivity contribution < 1.29 is 9.53 Å². The third-order valence-electron chi connectivity index (χ3n) is 3.50. The van der Waals surface area contributed by atoms with Crippen molar-refractivity contribution >= 4 is 5.97 Å². The van der Waals surface area contributed by atoms with Gasteiger partial charge in [0, 0.05) is 6.42 Å². The van der Waals surface area contributed by atoms with E-state index < -0.39 is 0 Å². The highest BCUT2D eigenvalue weighted by Gasteiger charge is 2.12. The van der Waals surface area contributed by atoms with Crippen molar-refractivity contribution in [3.63, 3.8) is 0 Å². The summed E-state index contributed by atoms with van der Waals surface area (Å²) < 4.78 is 5.54. The number of ether oxygens (including phenoxy) is 1. The summed E-state index contributed by atoms with van der Waals surface area (Å²) in [7, 11) is 0. The van der Waals surface area contributed by atoms with Gasteiger partial charge in [0.25, 0.3) is 0 Å². The van der Waals surface area contributed by atoms with Crippen LogP contribution in [-0.2, 0) is 9.53 Å². The van der Waals surface area contributed by atoms with E-state index in [1.54, 1.807) is 0 Å². The molecule has 0 aliphatic carbocycles. The summed E-state index contributed by atoms with van der Waals surface area (Å²) in [6, 6.07) is 0. The lowest BCUT2D eigenvalue weighted by Gasteiger charge is -2.16. The van der Waals surface area contributed by atoms with Crippen LogP contribution in [0.1, 0.15) is 97.8 Å². The van der Waals surface area contributed by atoms with E-state index in [0.29, 0.717) is 6.42 Å². The molecule has 0 rings (SSSR count). The molecule has 0 saturated carbocycles. The molecule has 0 spiro atoms. The monoisotopic (exact) mass is 270 g/mol. The van der Waals surface area contributed by atoms with E-state index in [2.05, 4.69) is 20.8 Å². The normalized spacial score (nSPS) is 10.9. The van der Waals surface area contributed by atoms with E-state index in [4.69, 9.17) is 4.74 Å². The standard InChI is InChI=1S/C17H34O2/c1-4-7-8-9-10-11-12-15-17(18)19-16(13-5-2)14-6-3/h16H,4-15H2,1-3H3. The summed E-state index contributed by atoms with van der Waals surface area (Å²) in [5, 5.41) is 0. The molecule has 2 heteroatoms. The van der Waals surface area contributed by atoms with Gasteiger partial charge in [-0.15, -0.1) is 0 Å². The zero-order valence-electron chi connectivity index (χ0n) is 13.4. The van der Waals surface area contributed by atoms with Crippen LogP contribution in [0.15, 0.2) is 0 Å². The van der Waals surface area contributed by atoms with E-state index in [-0.39, 0.29) is 12.1 Å². The largest absolute Gasteiger partial charge is 0.462 e. The molecule has 0 saturated heterocycles. The summed E-state index contributed by atoms with van der Waals surface area (Å²) in [6.07, 6.45) is 13.7. The molecule has 0 bridgehead atoms. The average Bonchev–Trinajstić information content (AvgIpc) is 2.38. The van der Waals surface area contributed by atoms with Crippen molar-refractivity contribution in [3.8, 4) is 0 Å². The first kappa shape index (κ1) is 18.5. The molecule has 19 heavy (non-hydrogen) atoms. The number of carbonyl (C=O) groups excluding carboxylic acids is 1. The molecule has 0 aliphatic heterocycles. The molecule has 0 amide bonds. The maximum atomic E-state index is 11.7. The fourth-order valence-corrected chi connectivity index (χ4v) is 2.38. The van der Waals surface area contributed by atoms with Crippen LogP contribution in [0.2, 0.25) is 0 Å². The molecular formula is C17H34O2. The van der Waals surface area contributed by atoms with Gasteiger partial charge in [0.05, 0.1) is 0 Å². The van der Waals surface area contributed by atoms with Gasteiger partial charge < -0.3 is 4.74 Å². The van der Waals surface area contributed by atoms with Crippen molar-refractivity contribution in [3.05, 3.63) is 0 Å². The van der Waals surface area contributed by atoms with Crippen molar-refractivity contribution in [2.75, 3.05) is 0 Å². The van der Waals surface area contributed by atoms with E-state index in [1.807, 2.05) is 0 Å². The van der Waals surface area contributed by atoms with Crippen molar-refractivity contribution in [2.45, 2.75) is 104 Å². The zero-order valence-corrected chi connectivity index (χ0v) is 13.4. The summed E-state index contributed by atoms with van der Waals surface area (Å²) >= 11 is 0. The predicted octanol–water partition coefficient (Wildman–Crippen LogP) is 5.64. The molecule has 0 heterocycles. The molecule has 2 nitrogen and oxygen atoms in total. The van der Waals surface area contributed by atoms with Gasteiger partial charge >= 0.3 is 5.97 Å². The second-order valence-corrected chi connectivity index (χ2v) is 5.56. The highest BCUT2D eigenvalue weighted by molar-refractivity contribution is 5.69. The Balaban J connectivity index is 3.51. The van der Waals surface area contributed by atoms with Crippen molar-refractivity contribution in [1.82, 2.24) is 0 Å². The third-order valence-corrected chi connectivity index (χ3v) is 3.50. The molecular weight excluding hydrogens is 236 g/mol. The number of esters is 1. The topological polar surface area (TPSA) is 26.3 Å². The second-order valence-electron chi connectivity index (χ2n) is 5.56. The average molecular weight is 270 g/mol. The zero-order chi connectivity index (χ0) is 14.3. The highest BCUT2D eigenvalue weighted by Crippen LogP contribution is 2.13. The van der Waals surface area contributed by atoms with Crippen LogP contribution in [0.25, 0.3) is 0 Å². The Kier molecular flexibility index (Phi) is 13.5. The Morgan fingerprint density at radius 2 is 1.32 bits per heavy atom. The lowest BCUT2D eigenvalue weighted by atomic mass is 10.1. The lowest BCUT2D eigenvalue weighted by molar-refractivity contribution is -0.149. The van der Waals surface area contributed by atoms with Crippen LogP contribution >= 0.6 is 0 Å². The quantitative estimate of drug-likeness (QED) is 0.320. The number of unbranched alkanes of at least 4 members (excludes halogenated alkanes) is 6. The van der Waals surface area contributed by atoms with Crippen LogP contribution in [-0.4, -0.2) is 12.1 Å². The number of rotatable bonds is 13. The summed E-state index contributed by atoms with van der Waals surface area (Å²) in [6.45, 7) is 6.53. The first-order valence-electron chi connectivity index (χ1n) is 8.44. The van der Waals surface area contributed by atoms with E-state index in [9.17, 15) is 4.79 Å². The van der Waals surface area contributed by atoms with Crippen LogP contribution in [0.3, 0.4) is 0 Å². The first-order chi connectivity index (χ1) is 9.24. The minimum Gasteiger partial charge on any atom is -0.462 e. The molecule has 0 aromatic rings. The van der Waals surface area contributed by atoms with Gasteiger partial charge in [-0.05, 0) is 19.3 Å². The number of hydrogen-bond acceptors (Lipinski definition) is 2. The van der Waals surface area contributed by atoms with Crippen LogP contribution in [0, 0.1) is 0 Å². The Morgan fingerprint density at radius 1 is 0.789 bits per heavy atom. The van der Waals surface area contributed by atoms with Crippen LogP contribution in [0.5, 0.6) is 0 Å². The van der Waals surface area contributed by atoms with Gasteiger partial charge in [0.1, 0.15) is 6.10 Å². The van der Waals surface area contributed by atoms with E-state index in [0.717, 1.165) is 32.1 Å². The second kappa shape index (κ2) is 13.9. The maximum absolute atomic E-state index is 11.7. The van der Waals surface area contributed by atoms with Gasteiger partial charge in [-0.2, -0.15) is 0 Å². The maximum Gasteiger partial charge on any atom is 0.306 e. The molecule has 0 aromatic carbocycles. The van der Waals surface area contributed by atoms with Gasteiger partial charge in [0.15, 0.2) is 0 Å².